The van der Waals surface area contributed by atoms with E-state index in [1.54, 1.807) is 0 Å². The Morgan fingerprint density at radius 2 is 2.25 bits per heavy atom. The minimum Gasteiger partial charge on any atom is -0.345 e. The molecule has 1 saturated heterocycles. The molecule has 0 amide bonds. The fraction of sp³-hybridized carbons (Fsp3) is 0.500. The van der Waals surface area contributed by atoms with E-state index in [0.717, 1.165) is 12.2 Å². The highest BCUT2D eigenvalue weighted by molar-refractivity contribution is 8.14. The molecule has 3 nitrogen and oxygen atoms in total. The lowest BCUT2D eigenvalue weighted by molar-refractivity contribution is 0.336. The molecule has 4 heteroatoms. The monoisotopic (exact) mass is 233 g/mol. The van der Waals surface area contributed by atoms with Crippen molar-refractivity contribution in [3.63, 3.8) is 0 Å². The van der Waals surface area contributed by atoms with Crippen molar-refractivity contribution in [1.29, 1.82) is 0 Å². The van der Waals surface area contributed by atoms with E-state index in [9.17, 15) is 0 Å². The quantitative estimate of drug-likeness (QED) is 0.745. The van der Waals surface area contributed by atoms with Gasteiger partial charge in [-0.15, -0.1) is 0 Å². The first-order valence-electron chi connectivity index (χ1n) is 5.68. The fourth-order valence-electron chi connectivity index (χ4n) is 2.35. The van der Waals surface area contributed by atoms with Crippen LogP contribution >= 0.6 is 11.8 Å². The van der Waals surface area contributed by atoms with Gasteiger partial charge < -0.3 is 4.90 Å². The van der Waals surface area contributed by atoms with Crippen LogP contribution in [0.2, 0.25) is 0 Å². The number of hydrogen-bond acceptors (Lipinski definition) is 4. The Kier molecular flexibility index (Phi) is 2.39. The maximum absolute atomic E-state index is 4.79. The SMILES string of the molecule is C[C@H]1CN2C(=N[C@@H](c3ccccn3)[C@@H]2C)S1. The van der Waals surface area contributed by atoms with Gasteiger partial charge in [-0.2, -0.15) is 0 Å². The van der Waals surface area contributed by atoms with E-state index in [-0.39, 0.29) is 6.04 Å². The minimum atomic E-state index is 0.219. The van der Waals surface area contributed by atoms with Crippen LogP contribution in [0, 0.1) is 0 Å². The molecule has 1 fully saturated rings. The van der Waals surface area contributed by atoms with Crippen molar-refractivity contribution in [2.24, 2.45) is 4.99 Å². The molecule has 0 bridgehead atoms. The van der Waals surface area contributed by atoms with E-state index >= 15 is 0 Å². The van der Waals surface area contributed by atoms with Gasteiger partial charge in [0.05, 0.1) is 11.7 Å². The molecule has 2 aliphatic rings. The number of nitrogens with zero attached hydrogens (tertiary/aromatic N) is 3. The molecule has 3 atom stereocenters. The van der Waals surface area contributed by atoms with Crippen LogP contribution in [0.1, 0.15) is 25.6 Å². The summed E-state index contributed by atoms with van der Waals surface area (Å²) < 4.78 is 0. The first-order chi connectivity index (χ1) is 7.75. The van der Waals surface area contributed by atoms with Crippen molar-refractivity contribution in [2.75, 3.05) is 6.54 Å². The largest absolute Gasteiger partial charge is 0.345 e. The maximum Gasteiger partial charge on any atom is 0.160 e. The molecule has 16 heavy (non-hydrogen) atoms. The maximum atomic E-state index is 4.79. The van der Waals surface area contributed by atoms with Crippen LogP contribution in [0.4, 0.5) is 0 Å². The Hall–Kier alpha value is -1.03. The van der Waals surface area contributed by atoms with Gasteiger partial charge in [-0.25, -0.2) is 0 Å². The third kappa shape index (κ3) is 1.52. The zero-order chi connectivity index (χ0) is 11.1. The normalized spacial score (nSPS) is 32.8. The Morgan fingerprint density at radius 1 is 1.38 bits per heavy atom. The van der Waals surface area contributed by atoms with E-state index in [1.807, 2.05) is 30.1 Å². The summed E-state index contributed by atoms with van der Waals surface area (Å²) in [6.45, 7) is 5.62. The van der Waals surface area contributed by atoms with Crippen LogP contribution in [0.15, 0.2) is 29.4 Å². The van der Waals surface area contributed by atoms with Gasteiger partial charge in [0.1, 0.15) is 6.04 Å². The summed E-state index contributed by atoms with van der Waals surface area (Å²) in [5.74, 6) is 0. The lowest BCUT2D eigenvalue weighted by Crippen LogP contribution is -2.32. The molecule has 2 aliphatic heterocycles. The van der Waals surface area contributed by atoms with Gasteiger partial charge in [0.25, 0.3) is 0 Å². The van der Waals surface area contributed by atoms with Crippen molar-refractivity contribution in [2.45, 2.75) is 31.2 Å². The number of hydrogen-bond donors (Lipinski definition) is 0. The van der Waals surface area contributed by atoms with Crippen LogP contribution in [0.3, 0.4) is 0 Å². The van der Waals surface area contributed by atoms with Gasteiger partial charge in [0.2, 0.25) is 0 Å². The lowest BCUT2D eigenvalue weighted by Gasteiger charge is -2.22. The molecule has 3 rings (SSSR count). The summed E-state index contributed by atoms with van der Waals surface area (Å²) in [5, 5.41) is 1.88. The Labute approximate surface area is 100.0 Å². The van der Waals surface area contributed by atoms with Gasteiger partial charge in [-0.1, -0.05) is 24.8 Å². The predicted octanol–water partition coefficient (Wildman–Crippen LogP) is 2.32. The minimum absolute atomic E-state index is 0.219. The number of amidine groups is 1. The summed E-state index contributed by atoms with van der Waals surface area (Å²) in [4.78, 5) is 11.6. The Balaban J connectivity index is 1.90. The molecule has 3 heterocycles. The summed E-state index contributed by atoms with van der Waals surface area (Å²) in [5.41, 5.74) is 1.09. The van der Waals surface area contributed by atoms with E-state index in [1.165, 1.54) is 5.17 Å². The molecule has 0 unspecified atom stereocenters. The molecule has 0 aromatic carbocycles. The second-order valence-electron chi connectivity index (χ2n) is 4.43. The second kappa shape index (κ2) is 3.77. The Morgan fingerprint density at radius 3 is 2.94 bits per heavy atom. The summed E-state index contributed by atoms with van der Waals surface area (Å²) in [6, 6.07) is 6.72. The van der Waals surface area contributed by atoms with E-state index < -0.39 is 0 Å². The van der Waals surface area contributed by atoms with Crippen molar-refractivity contribution in [3.8, 4) is 0 Å². The van der Waals surface area contributed by atoms with Crippen molar-refractivity contribution >= 4 is 16.9 Å². The van der Waals surface area contributed by atoms with E-state index in [2.05, 4.69) is 29.8 Å². The van der Waals surface area contributed by atoms with Crippen molar-refractivity contribution in [3.05, 3.63) is 30.1 Å². The summed E-state index contributed by atoms with van der Waals surface area (Å²) >= 11 is 1.89. The van der Waals surface area contributed by atoms with Gasteiger partial charge in [0, 0.05) is 18.0 Å². The van der Waals surface area contributed by atoms with Crippen LogP contribution in [-0.4, -0.2) is 32.9 Å². The fourth-order valence-corrected chi connectivity index (χ4v) is 3.49. The average molecular weight is 233 g/mol. The summed E-state index contributed by atoms with van der Waals surface area (Å²) in [7, 11) is 0. The smallest absolute Gasteiger partial charge is 0.160 e. The third-order valence-electron chi connectivity index (χ3n) is 3.19. The van der Waals surface area contributed by atoms with E-state index in [4.69, 9.17) is 4.99 Å². The number of aromatic nitrogens is 1. The van der Waals surface area contributed by atoms with Crippen molar-refractivity contribution in [1.82, 2.24) is 9.88 Å². The highest BCUT2D eigenvalue weighted by Gasteiger charge is 2.39. The highest BCUT2D eigenvalue weighted by Crippen LogP contribution is 2.39. The molecule has 0 radical (unpaired) electrons. The topological polar surface area (TPSA) is 28.5 Å². The standard InChI is InChI=1S/C12H15N3S/c1-8-7-15-9(2)11(14-12(15)16-8)10-5-3-4-6-13-10/h3-6,8-9,11H,7H2,1-2H3/t8-,9-,11+/m0/s1. The van der Waals surface area contributed by atoms with Gasteiger partial charge >= 0.3 is 0 Å². The zero-order valence-corrected chi connectivity index (χ0v) is 10.3. The highest BCUT2D eigenvalue weighted by atomic mass is 32.2. The third-order valence-corrected chi connectivity index (χ3v) is 4.30. The first-order valence-corrected chi connectivity index (χ1v) is 6.55. The number of pyridine rings is 1. The van der Waals surface area contributed by atoms with Crippen LogP contribution in [0.25, 0.3) is 0 Å². The molecular formula is C12H15N3S. The molecule has 1 aromatic heterocycles. The number of rotatable bonds is 1. The first kappa shape index (κ1) is 10.1. The van der Waals surface area contributed by atoms with E-state index in [0.29, 0.717) is 11.3 Å². The van der Waals surface area contributed by atoms with Gasteiger partial charge in [0.15, 0.2) is 5.17 Å². The molecule has 0 N–H and O–H groups in total. The van der Waals surface area contributed by atoms with Gasteiger partial charge in [-0.05, 0) is 19.1 Å². The molecule has 1 aromatic rings. The number of aliphatic imine (C=N–C) groups is 1. The van der Waals surface area contributed by atoms with Crippen LogP contribution in [0.5, 0.6) is 0 Å². The van der Waals surface area contributed by atoms with Crippen molar-refractivity contribution < 1.29 is 0 Å². The van der Waals surface area contributed by atoms with Gasteiger partial charge in [-0.3, -0.25) is 9.98 Å². The average Bonchev–Trinajstić information content (AvgIpc) is 2.79. The number of thioether (sulfide) groups is 1. The van der Waals surface area contributed by atoms with Crippen LogP contribution in [-0.2, 0) is 0 Å². The second-order valence-corrected chi connectivity index (χ2v) is 5.84. The lowest BCUT2D eigenvalue weighted by atomic mass is 10.1. The summed E-state index contributed by atoms with van der Waals surface area (Å²) in [6.07, 6.45) is 1.85. The molecule has 84 valence electrons. The molecule has 0 saturated carbocycles. The number of fused-ring (bicyclic) bond motifs is 1. The molecular weight excluding hydrogens is 218 g/mol. The zero-order valence-electron chi connectivity index (χ0n) is 9.50. The molecule has 0 spiro atoms. The van der Waals surface area contributed by atoms with Crippen LogP contribution < -0.4 is 0 Å². The predicted molar refractivity (Wildman–Crippen MR) is 67.6 cm³/mol. The Bertz CT molecular complexity index is 418. The molecule has 0 aliphatic carbocycles.